The Morgan fingerprint density at radius 3 is 2.71 bits per heavy atom. The average molecular weight is 258 g/mol. The van der Waals surface area contributed by atoms with Gasteiger partial charge in [0.25, 0.3) is 0 Å². The number of hydrogen-bond donors (Lipinski definition) is 1. The molecule has 100 valence electrons. The third-order valence-electron chi connectivity index (χ3n) is 3.84. The van der Waals surface area contributed by atoms with Crippen LogP contribution in [0.1, 0.15) is 58.8 Å². The minimum absolute atomic E-state index is 0.0293. The molecule has 0 bridgehead atoms. The Bertz CT molecular complexity index is 263. The van der Waals surface area contributed by atoms with Crippen molar-refractivity contribution in [3.8, 4) is 0 Å². The zero-order chi connectivity index (χ0) is 12.7. The van der Waals surface area contributed by atoms with E-state index < -0.39 is 11.1 Å². The number of rotatable bonds is 7. The highest BCUT2D eigenvalue weighted by atomic mass is 32.2. The molecule has 2 nitrogen and oxygen atoms in total. The van der Waals surface area contributed by atoms with Crippen molar-refractivity contribution in [3.63, 3.8) is 0 Å². The Morgan fingerprint density at radius 1 is 1.35 bits per heavy atom. The average Bonchev–Trinajstić information content (AvgIpc) is 2.34. The predicted molar refractivity (Wildman–Crippen MR) is 74.3 cm³/mol. The van der Waals surface area contributed by atoms with E-state index in [2.05, 4.69) is 26.0 Å². The van der Waals surface area contributed by atoms with E-state index in [1.54, 1.807) is 0 Å². The van der Waals surface area contributed by atoms with Gasteiger partial charge in [0, 0.05) is 0 Å². The molecule has 3 heteroatoms. The number of allylic oxidation sites excluding steroid dienone is 2. The summed E-state index contributed by atoms with van der Waals surface area (Å²) in [5, 5.41) is -0.0293. The van der Waals surface area contributed by atoms with Gasteiger partial charge in [-0.15, -0.1) is 0 Å². The third-order valence-corrected chi connectivity index (χ3v) is 4.93. The summed E-state index contributed by atoms with van der Waals surface area (Å²) in [6, 6.07) is 0. The van der Waals surface area contributed by atoms with Crippen LogP contribution in [-0.2, 0) is 11.1 Å². The summed E-state index contributed by atoms with van der Waals surface area (Å²) in [6.07, 6.45) is 12.2. The Morgan fingerprint density at radius 2 is 2.06 bits per heavy atom. The van der Waals surface area contributed by atoms with Crippen molar-refractivity contribution in [1.29, 1.82) is 0 Å². The van der Waals surface area contributed by atoms with Crippen LogP contribution in [0.25, 0.3) is 0 Å². The molecular weight excluding hydrogens is 232 g/mol. The highest BCUT2D eigenvalue weighted by Crippen LogP contribution is 2.29. The lowest BCUT2D eigenvalue weighted by molar-refractivity contribution is 0.365. The summed E-state index contributed by atoms with van der Waals surface area (Å²) >= 11 is -1.65. The number of hydrogen-bond acceptors (Lipinski definition) is 1. The van der Waals surface area contributed by atoms with Crippen LogP contribution in [0.4, 0.5) is 0 Å². The first-order chi connectivity index (χ1) is 8.15. The second-order valence-electron chi connectivity index (χ2n) is 5.34. The molecule has 0 radical (unpaired) electrons. The van der Waals surface area contributed by atoms with E-state index in [0.717, 1.165) is 25.2 Å². The molecule has 4 unspecified atom stereocenters. The lowest BCUT2D eigenvalue weighted by atomic mass is 9.86. The van der Waals surface area contributed by atoms with Crippen molar-refractivity contribution in [2.24, 2.45) is 11.8 Å². The van der Waals surface area contributed by atoms with Gasteiger partial charge >= 0.3 is 0 Å². The predicted octanol–water partition coefficient (Wildman–Crippen LogP) is 4.15. The molecule has 0 spiro atoms. The Kier molecular flexibility index (Phi) is 7.05. The first-order valence-corrected chi connectivity index (χ1v) is 8.06. The van der Waals surface area contributed by atoms with Crippen LogP contribution in [0, 0.1) is 11.8 Å². The molecule has 1 aliphatic carbocycles. The van der Waals surface area contributed by atoms with Crippen molar-refractivity contribution < 1.29 is 8.76 Å². The molecular formula is C14H26O2S. The maximum atomic E-state index is 11.3. The van der Waals surface area contributed by atoms with Gasteiger partial charge in [-0.25, -0.2) is 4.21 Å². The maximum Gasteiger partial charge on any atom is 0.156 e. The van der Waals surface area contributed by atoms with Crippen molar-refractivity contribution in [2.45, 2.75) is 64.0 Å². The summed E-state index contributed by atoms with van der Waals surface area (Å²) in [7, 11) is 0. The van der Waals surface area contributed by atoms with Crippen molar-refractivity contribution >= 4 is 11.1 Å². The molecule has 1 aliphatic rings. The van der Waals surface area contributed by atoms with Gasteiger partial charge in [-0.2, -0.15) is 0 Å². The fourth-order valence-corrected chi connectivity index (χ4v) is 3.44. The van der Waals surface area contributed by atoms with Crippen LogP contribution >= 0.6 is 0 Å². The van der Waals surface area contributed by atoms with Crippen LogP contribution in [0.15, 0.2) is 12.2 Å². The van der Waals surface area contributed by atoms with Gasteiger partial charge in [0.05, 0.1) is 5.25 Å². The molecule has 0 aromatic carbocycles. The van der Waals surface area contributed by atoms with Crippen molar-refractivity contribution in [3.05, 3.63) is 12.2 Å². The third kappa shape index (κ3) is 5.35. The van der Waals surface area contributed by atoms with Gasteiger partial charge in [0.2, 0.25) is 0 Å². The van der Waals surface area contributed by atoms with Gasteiger partial charge in [-0.1, -0.05) is 51.7 Å². The molecule has 0 amide bonds. The van der Waals surface area contributed by atoms with Gasteiger partial charge in [-0.05, 0) is 31.1 Å². The van der Waals surface area contributed by atoms with Crippen molar-refractivity contribution in [2.75, 3.05) is 0 Å². The highest BCUT2D eigenvalue weighted by molar-refractivity contribution is 7.79. The first kappa shape index (κ1) is 14.9. The highest BCUT2D eigenvalue weighted by Gasteiger charge is 2.27. The standard InChI is InChI=1S/C14H26O2S/c1-3-4-7-12(2)10-11-13-8-5-6-9-14(13)17(15)16/h5-6,12-14H,3-4,7-11H2,1-2H3,(H,15,16). The number of unbranched alkanes of at least 4 members (excludes halogenated alkanes) is 1. The largest absolute Gasteiger partial charge is 0.306 e. The van der Waals surface area contributed by atoms with Gasteiger partial charge in [0.15, 0.2) is 11.1 Å². The minimum Gasteiger partial charge on any atom is -0.306 e. The van der Waals surface area contributed by atoms with Gasteiger partial charge in [-0.3, -0.25) is 0 Å². The van der Waals surface area contributed by atoms with Crippen LogP contribution in [0.3, 0.4) is 0 Å². The normalized spacial score (nSPS) is 27.9. The topological polar surface area (TPSA) is 37.3 Å². The lowest BCUT2D eigenvalue weighted by Gasteiger charge is -2.26. The molecule has 0 aliphatic heterocycles. The molecule has 0 fully saturated rings. The van der Waals surface area contributed by atoms with E-state index in [9.17, 15) is 8.76 Å². The van der Waals surface area contributed by atoms with E-state index in [4.69, 9.17) is 0 Å². The van der Waals surface area contributed by atoms with E-state index in [0.29, 0.717) is 5.92 Å². The molecule has 0 saturated heterocycles. The fourth-order valence-electron chi connectivity index (χ4n) is 2.59. The van der Waals surface area contributed by atoms with Gasteiger partial charge in [0.1, 0.15) is 0 Å². The summed E-state index contributed by atoms with van der Waals surface area (Å²) in [4.78, 5) is 0. The maximum absolute atomic E-state index is 11.3. The smallest absolute Gasteiger partial charge is 0.156 e. The Balaban J connectivity index is 2.33. The fraction of sp³-hybridized carbons (Fsp3) is 0.857. The lowest BCUT2D eigenvalue weighted by Crippen LogP contribution is -2.27. The summed E-state index contributed by atoms with van der Waals surface area (Å²) in [5.41, 5.74) is 0. The summed E-state index contributed by atoms with van der Waals surface area (Å²) in [6.45, 7) is 4.53. The molecule has 4 atom stereocenters. The molecule has 17 heavy (non-hydrogen) atoms. The molecule has 0 aromatic heterocycles. The van der Waals surface area contributed by atoms with Crippen LogP contribution in [0.5, 0.6) is 0 Å². The van der Waals surface area contributed by atoms with Crippen molar-refractivity contribution in [1.82, 2.24) is 0 Å². The van der Waals surface area contributed by atoms with Crippen LogP contribution in [0.2, 0.25) is 0 Å². The summed E-state index contributed by atoms with van der Waals surface area (Å²) < 4.78 is 20.6. The molecule has 1 rings (SSSR count). The Hall–Kier alpha value is -0.150. The second-order valence-corrected chi connectivity index (χ2v) is 6.50. The first-order valence-electron chi connectivity index (χ1n) is 6.89. The SMILES string of the molecule is CCCCC(C)CCC1CC=CCC1S(=O)O. The van der Waals surface area contributed by atoms with Crippen LogP contribution < -0.4 is 0 Å². The molecule has 1 N–H and O–H groups in total. The summed E-state index contributed by atoms with van der Waals surface area (Å²) in [5.74, 6) is 1.17. The Labute approximate surface area is 108 Å². The zero-order valence-corrected chi connectivity index (χ0v) is 11.9. The monoisotopic (exact) mass is 258 g/mol. The van der Waals surface area contributed by atoms with E-state index in [1.165, 1.54) is 25.7 Å². The second kappa shape index (κ2) is 8.04. The molecule has 0 aromatic rings. The quantitative estimate of drug-likeness (QED) is 0.550. The molecule has 0 heterocycles. The zero-order valence-electron chi connectivity index (χ0n) is 11.1. The van der Waals surface area contributed by atoms with E-state index >= 15 is 0 Å². The van der Waals surface area contributed by atoms with Gasteiger partial charge < -0.3 is 4.55 Å². The van der Waals surface area contributed by atoms with E-state index in [1.807, 2.05) is 0 Å². The minimum atomic E-state index is -1.65. The van der Waals surface area contributed by atoms with E-state index in [-0.39, 0.29) is 5.25 Å². The van der Waals surface area contributed by atoms with Crippen LogP contribution in [-0.4, -0.2) is 14.0 Å². The molecule has 0 saturated carbocycles.